The average Bonchev–Trinajstić information content (AvgIpc) is 2.54. The summed E-state index contributed by atoms with van der Waals surface area (Å²) in [6.07, 6.45) is 0.640. The van der Waals surface area contributed by atoms with Crippen LogP contribution >= 0.6 is 0 Å². The van der Waals surface area contributed by atoms with E-state index < -0.39 is 16.1 Å². The third-order valence-electron chi connectivity index (χ3n) is 3.97. The highest BCUT2D eigenvalue weighted by molar-refractivity contribution is 7.89. The molecule has 0 unspecified atom stereocenters. The second-order valence-electron chi connectivity index (χ2n) is 6.28. The second-order valence-corrected chi connectivity index (χ2v) is 8.22. The van der Waals surface area contributed by atoms with Gasteiger partial charge in [0, 0.05) is 26.2 Å². The molecule has 2 rings (SSSR count). The summed E-state index contributed by atoms with van der Waals surface area (Å²) in [4.78, 5) is 14.3. The zero-order valence-corrected chi connectivity index (χ0v) is 14.5. The summed E-state index contributed by atoms with van der Waals surface area (Å²) in [6, 6.07) is 7.87. The molecule has 1 aliphatic rings. The molecule has 0 saturated carbocycles. The van der Waals surface area contributed by atoms with E-state index in [0.29, 0.717) is 38.5 Å². The predicted octanol–water partition coefficient (Wildman–Crippen LogP) is 0.893. The lowest BCUT2D eigenvalue weighted by atomic mass is 10.0. The number of carbonyl (C=O) groups excluding carboxylic acids is 1. The highest BCUT2D eigenvalue weighted by Gasteiger charge is 2.31. The van der Waals surface area contributed by atoms with Gasteiger partial charge < -0.3 is 10.6 Å². The molecule has 1 amide bonds. The predicted molar refractivity (Wildman–Crippen MR) is 89.2 cm³/mol. The summed E-state index contributed by atoms with van der Waals surface area (Å²) >= 11 is 0. The summed E-state index contributed by atoms with van der Waals surface area (Å²) in [5, 5.41) is 0. The Morgan fingerprint density at radius 2 is 1.70 bits per heavy atom. The van der Waals surface area contributed by atoms with Gasteiger partial charge in [0.15, 0.2) is 0 Å². The number of piperazine rings is 1. The Bertz CT molecular complexity index is 623. The van der Waals surface area contributed by atoms with Crippen LogP contribution in [-0.4, -0.2) is 55.8 Å². The minimum Gasteiger partial charge on any atom is -0.339 e. The number of sulfonamides is 1. The van der Waals surface area contributed by atoms with Gasteiger partial charge in [0.05, 0.1) is 10.9 Å². The normalized spacial score (nSPS) is 18.2. The van der Waals surface area contributed by atoms with Crippen molar-refractivity contribution in [2.24, 2.45) is 11.7 Å². The molecular formula is C16H25N3O3S. The minimum absolute atomic E-state index is 0.0875. The highest BCUT2D eigenvalue weighted by Crippen LogP contribution is 2.17. The molecule has 1 aliphatic heterocycles. The van der Waals surface area contributed by atoms with E-state index >= 15 is 0 Å². The van der Waals surface area contributed by atoms with Gasteiger partial charge >= 0.3 is 0 Å². The Morgan fingerprint density at radius 3 is 2.22 bits per heavy atom. The maximum atomic E-state index is 12.5. The highest BCUT2D eigenvalue weighted by atomic mass is 32.2. The molecule has 1 aromatic rings. The van der Waals surface area contributed by atoms with Crippen molar-refractivity contribution in [3.8, 4) is 0 Å². The molecule has 23 heavy (non-hydrogen) atoms. The Labute approximate surface area is 138 Å². The van der Waals surface area contributed by atoms with Gasteiger partial charge in [-0.15, -0.1) is 0 Å². The lowest BCUT2D eigenvalue weighted by Crippen LogP contribution is -2.54. The van der Waals surface area contributed by atoms with Crippen molar-refractivity contribution in [3.63, 3.8) is 0 Å². The Kier molecular flexibility index (Phi) is 5.78. The third kappa shape index (κ3) is 4.31. The van der Waals surface area contributed by atoms with Crippen molar-refractivity contribution in [3.05, 3.63) is 30.3 Å². The molecule has 1 heterocycles. The lowest BCUT2D eigenvalue weighted by Gasteiger charge is -2.35. The van der Waals surface area contributed by atoms with Crippen LogP contribution in [-0.2, 0) is 14.8 Å². The zero-order chi connectivity index (χ0) is 17.0. The van der Waals surface area contributed by atoms with E-state index in [2.05, 4.69) is 0 Å². The number of hydrogen-bond acceptors (Lipinski definition) is 4. The molecule has 0 aromatic heterocycles. The van der Waals surface area contributed by atoms with Gasteiger partial charge in [0.25, 0.3) is 0 Å². The quantitative estimate of drug-likeness (QED) is 0.864. The number of hydrogen-bond donors (Lipinski definition) is 1. The van der Waals surface area contributed by atoms with Crippen molar-refractivity contribution in [2.75, 3.05) is 26.2 Å². The van der Waals surface area contributed by atoms with Crippen LogP contribution in [0.1, 0.15) is 20.3 Å². The van der Waals surface area contributed by atoms with Crippen LogP contribution in [0, 0.1) is 5.92 Å². The van der Waals surface area contributed by atoms with E-state index in [1.54, 1.807) is 35.2 Å². The Hall–Kier alpha value is -1.44. The van der Waals surface area contributed by atoms with Gasteiger partial charge in [-0.1, -0.05) is 32.0 Å². The van der Waals surface area contributed by atoms with E-state index in [1.807, 2.05) is 13.8 Å². The van der Waals surface area contributed by atoms with E-state index in [0.717, 1.165) is 0 Å². The van der Waals surface area contributed by atoms with Crippen LogP contribution in [0.25, 0.3) is 0 Å². The molecule has 0 bridgehead atoms. The monoisotopic (exact) mass is 339 g/mol. The molecule has 7 heteroatoms. The van der Waals surface area contributed by atoms with Crippen molar-refractivity contribution in [1.29, 1.82) is 0 Å². The van der Waals surface area contributed by atoms with Gasteiger partial charge in [0.2, 0.25) is 15.9 Å². The van der Waals surface area contributed by atoms with Crippen molar-refractivity contribution in [1.82, 2.24) is 9.21 Å². The number of rotatable bonds is 5. The van der Waals surface area contributed by atoms with Crippen LogP contribution < -0.4 is 5.73 Å². The van der Waals surface area contributed by atoms with Crippen LogP contribution in [0.15, 0.2) is 35.2 Å². The van der Waals surface area contributed by atoms with E-state index in [9.17, 15) is 13.2 Å². The van der Waals surface area contributed by atoms with Gasteiger partial charge in [-0.3, -0.25) is 4.79 Å². The maximum Gasteiger partial charge on any atom is 0.243 e. The Balaban J connectivity index is 1.97. The van der Waals surface area contributed by atoms with Crippen LogP contribution in [0.5, 0.6) is 0 Å². The fraction of sp³-hybridized carbons (Fsp3) is 0.562. The molecular weight excluding hydrogens is 314 g/mol. The van der Waals surface area contributed by atoms with Gasteiger partial charge in [-0.25, -0.2) is 8.42 Å². The molecule has 6 nitrogen and oxygen atoms in total. The first-order valence-corrected chi connectivity index (χ1v) is 9.36. The second kappa shape index (κ2) is 7.42. The standard InChI is InChI=1S/C16H25N3O3S/c1-13(2)12-15(17)16(20)18-8-10-19(11-9-18)23(21,22)14-6-4-3-5-7-14/h3-7,13,15H,8-12,17H2,1-2H3/t15-/m0/s1. The first-order chi connectivity index (χ1) is 10.8. The van der Waals surface area contributed by atoms with Crippen LogP contribution in [0.4, 0.5) is 0 Å². The van der Waals surface area contributed by atoms with E-state index in [-0.39, 0.29) is 10.8 Å². The van der Waals surface area contributed by atoms with Crippen molar-refractivity contribution in [2.45, 2.75) is 31.2 Å². The van der Waals surface area contributed by atoms with Gasteiger partial charge in [-0.2, -0.15) is 4.31 Å². The summed E-state index contributed by atoms with van der Waals surface area (Å²) in [5.74, 6) is 0.268. The first-order valence-electron chi connectivity index (χ1n) is 7.92. The van der Waals surface area contributed by atoms with Crippen molar-refractivity contribution < 1.29 is 13.2 Å². The van der Waals surface area contributed by atoms with Crippen molar-refractivity contribution >= 4 is 15.9 Å². The van der Waals surface area contributed by atoms with Gasteiger partial charge in [-0.05, 0) is 24.5 Å². The molecule has 0 aliphatic carbocycles. The van der Waals surface area contributed by atoms with E-state index in [4.69, 9.17) is 5.73 Å². The number of benzene rings is 1. The molecule has 128 valence electrons. The molecule has 1 aromatic carbocycles. The van der Waals surface area contributed by atoms with Crippen LogP contribution in [0.2, 0.25) is 0 Å². The number of amides is 1. The number of carbonyl (C=O) groups is 1. The fourth-order valence-corrected chi connectivity index (χ4v) is 4.18. The summed E-state index contributed by atoms with van der Waals surface area (Å²) in [6.45, 7) is 5.43. The summed E-state index contributed by atoms with van der Waals surface area (Å²) in [5.41, 5.74) is 5.94. The molecule has 0 radical (unpaired) electrons. The number of nitrogens with two attached hydrogens (primary N) is 1. The summed E-state index contributed by atoms with van der Waals surface area (Å²) < 4.78 is 26.5. The summed E-state index contributed by atoms with van der Waals surface area (Å²) in [7, 11) is -3.49. The minimum atomic E-state index is -3.49. The fourth-order valence-electron chi connectivity index (χ4n) is 2.73. The lowest BCUT2D eigenvalue weighted by molar-refractivity contribution is -0.134. The molecule has 1 atom stereocenters. The molecule has 0 spiro atoms. The van der Waals surface area contributed by atoms with E-state index in [1.165, 1.54) is 4.31 Å². The molecule has 1 saturated heterocycles. The first kappa shape index (κ1) is 17.9. The third-order valence-corrected chi connectivity index (χ3v) is 5.89. The zero-order valence-electron chi connectivity index (χ0n) is 13.7. The molecule has 2 N–H and O–H groups in total. The maximum absolute atomic E-state index is 12.5. The number of nitrogens with zero attached hydrogens (tertiary/aromatic N) is 2. The molecule has 1 fully saturated rings. The topological polar surface area (TPSA) is 83.7 Å². The largest absolute Gasteiger partial charge is 0.339 e. The average molecular weight is 339 g/mol. The Morgan fingerprint density at radius 1 is 1.13 bits per heavy atom. The van der Waals surface area contributed by atoms with Crippen LogP contribution in [0.3, 0.4) is 0 Å². The smallest absolute Gasteiger partial charge is 0.243 e. The van der Waals surface area contributed by atoms with Gasteiger partial charge in [0.1, 0.15) is 0 Å². The SMILES string of the molecule is CC(C)C[C@H](N)C(=O)N1CCN(S(=O)(=O)c2ccccc2)CC1.